The molecule has 3 heterocycles. The smallest absolute Gasteiger partial charge is 0.341 e. The Bertz CT molecular complexity index is 882. The molecule has 2 aromatic rings. The number of hydrogen-bond acceptors (Lipinski definition) is 4. The highest BCUT2D eigenvalue weighted by Crippen LogP contribution is 2.33. The molecule has 0 radical (unpaired) electrons. The van der Waals surface area contributed by atoms with Crippen LogP contribution in [0.1, 0.15) is 54.6 Å². The van der Waals surface area contributed by atoms with E-state index in [1.54, 1.807) is 0 Å². The summed E-state index contributed by atoms with van der Waals surface area (Å²) in [5.74, 6) is 0.537. The second-order valence-electron chi connectivity index (χ2n) is 8.35. The number of carbonyl (C=O) groups excluding carboxylic acids is 1. The zero-order chi connectivity index (χ0) is 21.8. The standard InChI is InChI=1S/C23H27F3N4O/c24-23(25,26)20-10-13-27-22(28-20)29-15-11-17(12-16-29)19-9-5-2-6-14-30(19)21(31)18-7-3-1-4-8-18/h1,3-4,7-8,10,13,17,19H,2,5-6,9,11-12,14-16H2/t19-/m0/s1. The third-order valence-electron chi connectivity index (χ3n) is 6.38. The first kappa shape index (κ1) is 21.6. The lowest BCUT2D eigenvalue weighted by molar-refractivity contribution is -0.141. The van der Waals surface area contributed by atoms with Gasteiger partial charge in [-0.05, 0) is 49.8 Å². The number of carbonyl (C=O) groups is 1. The second-order valence-corrected chi connectivity index (χ2v) is 8.35. The van der Waals surface area contributed by atoms with Gasteiger partial charge in [0.15, 0.2) is 0 Å². The molecule has 0 unspecified atom stereocenters. The fraction of sp³-hybridized carbons (Fsp3) is 0.522. The largest absolute Gasteiger partial charge is 0.433 e. The molecule has 1 atom stereocenters. The van der Waals surface area contributed by atoms with Crippen LogP contribution in [0.15, 0.2) is 42.6 Å². The number of piperidine rings is 1. The van der Waals surface area contributed by atoms with Crippen molar-refractivity contribution in [3.63, 3.8) is 0 Å². The van der Waals surface area contributed by atoms with E-state index in [1.165, 1.54) is 6.20 Å². The molecule has 1 aromatic heterocycles. The van der Waals surface area contributed by atoms with Crippen LogP contribution in [0.2, 0.25) is 0 Å². The van der Waals surface area contributed by atoms with Crippen LogP contribution in [-0.4, -0.2) is 46.5 Å². The fourth-order valence-corrected chi connectivity index (χ4v) is 4.77. The number of benzene rings is 1. The number of amides is 1. The minimum absolute atomic E-state index is 0.0798. The summed E-state index contributed by atoms with van der Waals surface area (Å²) in [5, 5.41) is 0. The van der Waals surface area contributed by atoms with Crippen LogP contribution < -0.4 is 4.90 Å². The molecule has 0 saturated carbocycles. The Kier molecular flexibility index (Phi) is 6.43. The van der Waals surface area contributed by atoms with Gasteiger partial charge in [0.1, 0.15) is 5.69 Å². The summed E-state index contributed by atoms with van der Waals surface area (Å²) >= 11 is 0. The van der Waals surface area contributed by atoms with Crippen molar-refractivity contribution in [3.05, 3.63) is 53.9 Å². The monoisotopic (exact) mass is 432 g/mol. The van der Waals surface area contributed by atoms with E-state index in [0.29, 0.717) is 24.6 Å². The second kappa shape index (κ2) is 9.24. The van der Waals surface area contributed by atoms with E-state index < -0.39 is 11.9 Å². The Morgan fingerprint density at radius 1 is 0.935 bits per heavy atom. The zero-order valence-electron chi connectivity index (χ0n) is 17.4. The fourth-order valence-electron chi connectivity index (χ4n) is 4.77. The molecule has 0 spiro atoms. The molecular formula is C23H27F3N4O. The van der Waals surface area contributed by atoms with Gasteiger partial charge in [-0.1, -0.05) is 31.0 Å². The first-order valence-electron chi connectivity index (χ1n) is 10.9. The van der Waals surface area contributed by atoms with Crippen LogP contribution in [0.5, 0.6) is 0 Å². The van der Waals surface area contributed by atoms with Gasteiger partial charge in [-0.2, -0.15) is 13.2 Å². The maximum atomic E-state index is 13.2. The lowest BCUT2D eigenvalue weighted by Crippen LogP contribution is -2.48. The highest BCUT2D eigenvalue weighted by molar-refractivity contribution is 5.94. The Morgan fingerprint density at radius 2 is 1.68 bits per heavy atom. The van der Waals surface area contributed by atoms with E-state index in [9.17, 15) is 18.0 Å². The molecule has 166 valence electrons. The molecule has 0 bridgehead atoms. The summed E-state index contributed by atoms with van der Waals surface area (Å²) in [5.41, 5.74) is -0.202. The molecule has 31 heavy (non-hydrogen) atoms. The molecule has 1 aromatic carbocycles. The highest BCUT2D eigenvalue weighted by atomic mass is 19.4. The Balaban J connectivity index is 1.46. The normalized spacial score (nSPS) is 21.1. The number of aromatic nitrogens is 2. The Hall–Kier alpha value is -2.64. The summed E-state index contributed by atoms with van der Waals surface area (Å²) in [6.45, 7) is 1.95. The maximum absolute atomic E-state index is 13.2. The minimum atomic E-state index is -4.48. The average Bonchev–Trinajstić information content (AvgIpc) is 3.05. The van der Waals surface area contributed by atoms with Crippen molar-refractivity contribution in [3.8, 4) is 0 Å². The zero-order valence-corrected chi connectivity index (χ0v) is 17.4. The van der Waals surface area contributed by atoms with E-state index in [0.717, 1.165) is 51.1 Å². The lowest BCUT2D eigenvalue weighted by atomic mass is 9.86. The van der Waals surface area contributed by atoms with E-state index >= 15 is 0 Å². The molecular weight excluding hydrogens is 405 g/mol. The molecule has 8 heteroatoms. The molecule has 2 aliphatic rings. The summed E-state index contributed by atoms with van der Waals surface area (Å²) in [6, 6.07) is 10.5. The van der Waals surface area contributed by atoms with Crippen molar-refractivity contribution in [1.82, 2.24) is 14.9 Å². The van der Waals surface area contributed by atoms with E-state index in [4.69, 9.17) is 0 Å². The molecule has 1 amide bonds. The SMILES string of the molecule is O=C(c1ccccc1)N1CCCCC[C@H]1C1CCN(c2nccc(C(F)(F)F)n2)CC1. The summed E-state index contributed by atoms with van der Waals surface area (Å²) in [6.07, 6.45) is 2.50. The van der Waals surface area contributed by atoms with Crippen molar-refractivity contribution in [2.45, 2.75) is 50.7 Å². The van der Waals surface area contributed by atoms with E-state index in [-0.39, 0.29) is 17.9 Å². The number of halogens is 3. The molecule has 5 nitrogen and oxygen atoms in total. The van der Waals surface area contributed by atoms with Crippen molar-refractivity contribution in [1.29, 1.82) is 0 Å². The Morgan fingerprint density at radius 3 is 2.39 bits per heavy atom. The number of nitrogens with zero attached hydrogens (tertiary/aromatic N) is 4. The van der Waals surface area contributed by atoms with Crippen molar-refractivity contribution < 1.29 is 18.0 Å². The van der Waals surface area contributed by atoms with Gasteiger partial charge in [0.2, 0.25) is 5.95 Å². The highest BCUT2D eigenvalue weighted by Gasteiger charge is 2.36. The number of alkyl halides is 3. The van der Waals surface area contributed by atoms with Crippen LogP contribution in [0.3, 0.4) is 0 Å². The van der Waals surface area contributed by atoms with Gasteiger partial charge in [-0.15, -0.1) is 0 Å². The lowest BCUT2D eigenvalue weighted by Gasteiger charge is -2.40. The van der Waals surface area contributed by atoms with Gasteiger partial charge in [0.25, 0.3) is 5.91 Å². The van der Waals surface area contributed by atoms with Gasteiger partial charge in [0.05, 0.1) is 0 Å². The van der Waals surface area contributed by atoms with Crippen molar-refractivity contribution in [2.24, 2.45) is 5.92 Å². The molecule has 2 fully saturated rings. The Labute approximate surface area is 180 Å². The molecule has 4 rings (SSSR count). The summed E-state index contributed by atoms with van der Waals surface area (Å²) in [4.78, 5) is 24.9. The molecule has 0 aliphatic carbocycles. The summed E-state index contributed by atoms with van der Waals surface area (Å²) in [7, 11) is 0. The van der Waals surface area contributed by atoms with Gasteiger partial charge >= 0.3 is 6.18 Å². The third kappa shape index (κ3) is 4.99. The molecule has 2 saturated heterocycles. The summed E-state index contributed by atoms with van der Waals surface area (Å²) < 4.78 is 39.0. The third-order valence-corrected chi connectivity index (χ3v) is 6.38. The van der Waals surface area contributed by atoms with Crippen LogP contribution in [0.4, 0.5) is 19.1 Å². The number of rotatable bonds is 3. The number of likely N-dealkylation sites (tertiary alicyclic amines) is 1. The number of hydrogen-bond donors (Lipinski definition) is 0. The minimum Gasteiger partial charge on any atom is -0.341 e. The van der Waals surface area contributed by atoms with Crippen LogP contribution >= 0.6 is 0 Å². The van der Waals surface area contributed by atoms with Gasteiger partial charge in [-0.25, -0.2) is 9.97 Å². The van der Waals surface area contributed by atoms with Gasteiger partial charge in [0, 0.05) is 37.4 Å². The topological polar surface area (TPSA) is 49.3 Å². The van der Waals surface area contributed by atoms with E-state index in [2.05, 4.69) is 9.97 Å². The average molecular weight is 432 g/mol. The van der Waals surface area contributed by atoms with Crippen molar-refractivity contribution >= 4 is 11.9 Å². The first-order chi connectivity index (χ1) is 14.9. The molecule has 0 N–H and O–H groups in total. The van der Waals surface area contributed by atoms with Crippen molar-refractivity contribution in [2.75, 3.05) is 24.5 Å². The predicted molar refractivity (Wildman–Crippen MR) is 112 cm³/mol. The number of anilines is 1. The van der Waals surface area contributed by atoms with Gasteiger partial charge < -0.3 is 9.80 Å². The van der Waals surface area contributed by atoms with Crippen LogP contribution in [-0.2, 0) is 6.18 Å². The van der Waals surface area contributed by atoms with Crippen LogP contribution in [0, 0.1) is 5.92 Å². The van der Waals surface area contributed by atoms with E-state index in [1.807, 2.05) is 40.1 Å². The quantitative estimate of drug-likeness (QED) is 0.699. The predicted octanol–water partition coefficient (Wildman–Crippen LogP) is 4.80. The molecule has 2 aliphatic heterocycles. The first-order valence-corrected chi connectivity index (χ1v) is 10.9. The van der Waals surface area contributed by atoms with Crippen LogP contribution in [0.25, 0.3) is 0 Å². The maximum Gasteiger partial charge on any atom is 0.433 e. The van der Waals surface area contributed by atoms with Gasteiger partial charge in [-0.3, -0.25) is 4.79 Å².